The lowest BCUT2D eigenvalue weighted by atomic mass is 9.70. The molecule has 1 aromatic heterocycles. The summed E-state index contributed by atoms with van der Waals surface area (Å²) in [5.74, 6) is 0.382. The Labute approximate surface area is 120 Å². The lowest BCUT2D eigenvalue weighted by Crippen LogP contribution is -2.37. The van der Waals surface area contributed by atoms with Crippen LogP contribution in [0.4, 0.5) is 0 Å². The van der Waals surface area contributed by atoms with E-state index in [0.29, 0.717) is 5.92 Å². The summed E-state index contributed by atoms with van der Waals surface area (Å²) in [6, 6.07) is 10.4. The minimum Gasteiger partial charge on any atom is -0.385 e. The van der Waals surface area contributed by atoms with Crippen molar-refractivity contribution in [2.24, 2.45) is 5.92 Å². The zero-order chi connectivity index (χ0) is 14.2. The molecule has 20 heavy (non-hydrogen) atoms. The Morgan fingerprint density at radius 1 is 1.25 bits per heavy atom. The highest BCUT2D eigenvalue weighted by Crippen LogP contribution is 2.43. The third kappa shape index (κ3) is 2.22. The average molecular weight is 269 g/mol. The molecule has 0 aliphatic heterocycles. The molecule has 1 fully saturated rings. The topological polar surface area (TPSA) is 33.1 Å². The van der Waals surface area contributed by atoms with E-state index >= 15 is 0 Å². The lowest BCUT2D eigenvalue weighted by Gasteiger charge is -2.40. The van der Waals surface area contributed by atoms with E-state index in [9.17, 15) is 5.11 Å². The molecule has 0 spiro atoms. The maximum atomic E-state index is 11.2. The highest BCUT2D eigenvalue weighted by atomic mass is 16.3. The molecule has 1 heterocycles. The fourth-order valence-corrected chi connectivity index (χ4v) is 3.65. The van der Waals surface area contributed by atoms with Gasteiger partial charge in [0.1, 0.15) is 0 Å². The van der Waals surface area contributed by atoms with E-state index in [1.54, 1.807) is 0 Å². The number of hydrogen-bond donors (Lipinski definition) is 1. The molecular formula is C18H23NO. The molecule has 0 radical (unpaired) electrons. The van der Waals surface area contributed by atoms with Crippen LogP contribution in [0.2, 0.25) is 0 Å². The van der Waals surface area contributed by atoms with Gasteiger partial charge in [0.05, 0.1) is 11.1 Å². The maximum absolute atomic E-state index is 11.2. The van der Waals surface area contributed by atoms with Crippen molar-refractivity contribution in [2.75, 3.05) is 0 Å². The van der Waals surface area contributed by atoms with Crippen molar-refractivity contribution < 1.29 is 5.11 Å². The van der Waals surface area contributed by atoms with Crippen molar-refractivity contribution in [3.05, 3.63) is 41.6 Å². The second-order valence-corrected chi connectivity index (χ2v) is 6.14. The van der Waals surface area contributed by atoms with Crippen molar-refractivity contribution >= 4 is 10.9 Å². The highest BCUT2D eigenvalue weighted by molar-refractivity contribution is 5.79. The molecule has 1 N–H and O–H groups in total. The summed E-state index contributed by atoms with van der Waals surface area (Å²) in [5, 5.41) is 12.3. The third-order valence-electron chi connectivity index (χ3n) is 4.86. The molecule has 2 atom stereocenters. The Balaban J connectivity index is 2.06. The van der Waals surface area contributed by atoms with E-state index in [4.69, 9.17) is 0 Å². The molecule has 3 rings (SSSR count). The lowest BCUT2D eigenvalue weighted by molar-refractivity contribution is -0.0556. The number of nitrogens with zero attached hydrogens (tertiary/aromatic N) is 1. The molecule has 0 amide bonds. The van der Waals surface area contributed by atoms with Gasteiger partial charge in [-0.25, -0.2) is 0 Å². The normalized spacial score (nSPS) is 26.9. The minimum atomic E-state index is -0.647. The predicted molar refractivity (Wildman–Crippen MR) is 82.6 cm³/mol. The van der Waals surface area contributed by atoms with Gasteiger partial charge in [-0.2, -0.15) is 0 Å². The number of rotatable bonds is 2. The van der Waals surface area contributed by atoms with Crippen molar-refractivity contribution in [2.45, 2.75) is 51.6 Å². The standard InChI is InChI=1S/C18H23NO/c1-3-15-6-4-5-11-18(15,20)16-9-10-17-14(12-16)8-7-13(2)19-17/h7-10,12,15,20H,3-6,11H2,1-2H3. The first kappa shape index (κ1) is 13.6. The van der Waals surface area contributed by atoms with E-state index in [1.165, 1.54) is 6.42 Å². The van der Waals surface area contributed by atoms with E-state index in [2.05, 4.69) is 36.2 Å². The fraction of sp³-hybridized carbons (Fsp3) is 0.500. The predicted octanol–water partition coefficient (Wildman–Crippen LogP) is 4.33. The van der Waals surface area contributed by atoms with Gasteiger partial charge in [-0.05, 0) is 49.4 Å². The van der Waals surface area contributed by atoms with Gasteiger partial charge in [0.15, 0.2) is 0 Å². The van der Waals surface area contributed by atoms with E-state index in [-0.39, 0.29) is 0 Å². The summed E-state index contributed by atoms with van der Waals surface area (Å²) in [7, 11) is 0. The number of aliphatic hydroxyl groups is 1. The summed E-state index contributed by atoms with van der Waals surface area (Å²) in [5.41, 5.74) is 2.47. The molecular weight excluding hydrogens is 246 g/mol. The Bertz CT molecular complexity index is 622. The molecule has 2 heteroatoms. The number of benzene rings is 1. The maximum Gasteiger partial charge on any atom is 0.0924 e. The molecule has 0 saturated heterocycles. The molecule has 0 bridgehead atoms. The second kappa shape index (κ2) is 5.17. The van der Waals surface area contributed by atoms with Crippen LogP contribution in [-0.4, -0.2) is 10.1 Å². The molecule has 106 valence electrons. The molecule has 1 aromatic carbocycles. The number of aryl methyl sites for hydroxylation is 1. The van der Waals surface area contributed by atoms with Crippen LogP contribution in [0.3, 0.4) is 0 Å². The highest BCUT2D eigenvalue weighted by Gasteiger charge is 2.39. The van der Waals surface area contributed by atoms with Crippen LogP contribution in [0.15, 0.2) is 30.3 Å². The largest absolute Gasteiger partial charge is 0.385 e. The molecule has 2 aromatic rings. The van der Waals surface area contributed by atoms with Crippen LogP contribution >= 0.6 is 0 Å². The summed E-state index contributed by atoms with van der Waals surface area (Å²) >= 11 is 0. The average Bonchev–Trinajstić information content (AvgIpc) is 2.47. The van der Waals surface area contributed by atoms with Crippen LogP contribution in [0, 0.1) is 12.8 Å². The van der Waals surface area contributed by atoms with E-state index < -0.39 is 5.60 Å². The molecule has 2 nitrogen and oxygen atoms in total. The van der Waals surface area contributed by atoms with Crippen LogP contribution in [0.25, 0.3) is 10.9 Å². The van der Waals surface area contributed by atoms with Gasteiger partial charge in [0.2, 0.25) is 0 Å². The first-order chi connectivity index (χ1) is 9.63. The van der Waals surface area contributed by atoms with Gasteiger partial charge in [-0.3, -0.25) is 4.98 Å². The SMILES string of the molecule is CCC1CCCCC1(O)c1ccc2nc(C)ccc2c1. The summed E-state index contributed by atoms with van der Waals surface area (Å²) in [4.78, 5) is 4.54. The van der Waals surface area contributed by atoms with Crippen molar-refractivity contribution in [3.63, 3.8) is 0 Å². The summed E-state index contributed by atoms with van der Waals surface area (Å²) in [6.07, 6.45) is 5.43. The van der Waals surface area contributed by atoms with Crippen LogP contribution < -0.4 is 0 Å². The van der Waals surface area contributed by atoms with Crippen molar-refractivity contribution in [1.29, 1.82) is 0 Å². The number of hydrogen-bond acceptors (Lipinski definition) is 2. The molecule has 1 aliphatic carbocycles. The molecule has 1 aliphatic rings. The van der Waals surface area contributed by atoms with Crippen molar-refractivity contribution in [3.8, 4) is 0 Å². The first-order valence-electron chi connectivity index (χ1n) is 7.74. The van der Waals surface area contributed by atoms with Gasteiger partial charge < -0.3 is 5.11 Å². The van der Waals surface area contributed by atoms with E-state index in [1.807, 2.05) is 13.0 Å². The van der Waals surface area contributed by atoms with Crippen LogP contribution in [0.1, 0.15) is 50.3 Å². The Kier molecular flexibility index (Phi) is 3.51. The Morgan fingerprint density at radius 3 is 2.90 bits per heavy atom. The quantitative estimate of drug-likeness (QED) is 0.880. The van der Waals surface area contributed by atoms with Crippen LogP contribution in [-0.2, 0) is 5.60 Å². The first-order valence-corrected chi connectivity index (χ1v) is 7.74. The minimum absolute atomic E-state index is 0.382. The third-order valence-corrected chi connectivity index (χ3v) is 4.86. The van der Waals surface area contributed by atoms with Gasteiger partial charge in [0.25, 0.3) is 0 Å². The molecule has 2 unspecified atom stereocenters. The van der Waals surface area contributed by atoms with Crippen LogP contribution in [0.5, 0.6) is 0 Å². The van der Waals surface area contributed by atoms with E-state index in [0.717, 1.165) is 47.8 Å². The number of fused-ring (bicyclic) bond motifs is 1. The number of pyridine rings is 1. The fourth-order valence-electron chi connectivity index (χ4n) is 3.65. The van der Waals surface area contributed by atoms with Gasteiger partial charge in [-0.15, -0.1) is 0 Å². The van der Waals surface area contributed by atoms with Gasteiger partial charge >= 0.3 is 0 Å². The Hall–Kier alpha value is -1.41. The number of aromatic nitrogens is 1. The second-order valence-electron chi connectivity index (χ2n) is 6.14. The monoisotopic (exact) mass is 269 g/mol. The zero-order valence-corrected chi connectivity index (χ0v) is 12.4. The molecule has 1 saturated carbocycles. The Morgan fingerprint density at radius 2 is 2.10 bits per heavy atom. The van der Waals surface area contributed by atoms with Gasteiger partial charge in [0, 0.05) is 11.1 Å². The van der Waals surface area contributed by atoms with Crippen molar-refractivity contribution in [1.82, 2.24) is 4.98 Å². The zero-order valence-electron chi connectivity index (χ0n) is 12.4. The summed E-state index contributed by atoms with van der Waals surface area (Å²) < 4.78 is 0. The van der Waals surface area contributed by atoms with Gasteiger partial charge in [-0.1, -0.05) is 38.3 Å². The smallest absolute Gasteiger partial charge is 0.0924 e. The summed E-state index contributed by atoms with van der Waals surface area (Å²) in [6.45, 7) is 4.20.